The molecule has 6 heteroatoms. The number of rotatable bonds is 4. The van der Waals surface area contributed by atoms with Gasteiger partial charge in [-0.25, -0.2) is 0 Å². The Kier molecular flexibility index (Phi) is 6.42. The fourth-order valence-electron chi connectivity index (χ4n) is 2.02. The summed E-state index contributed by atoms with van der Waals surface area (Å²) in [6.45, 7) is 3.10. The van der Waals surface area contributed by atoms with Gasteiger partial charge in [0.05, 0.1) is 6.54 Å². The molecule has 0 saturated heterocycles. The summed E-state index contributed by atoms with van der Waals surface area (Å²) in [5.41, 5.74) is 7.60. The molecular formula is C15H21N3O3. The van der Waals surface area contributed by atoms with E-state index in [1.54, 1.807) is 0 Å². The van der Waals surface area contributed by atoms with Crippen molar-refractivity contribution in [2.75, 3.05) is 6.54 Å². The first-order valence-electron chi connectivity index (χ1n) is 6.68. The Labute approximate surface area is 123 Å². The number of para-hydroxylation sites is 1. The van der Waals surface area contributed by atoms with Crippen LogP contribution in [0.2, 0.25) is 0 Å². The normalized spacial score (nSPS) is 11.4. The molecule has 5 N–H and O–H groups in total. The van der Waals surface area contributed by atoms with Gasteiger partial charge in [-0.1, -0.05) is 18.2 Å². The number of nitrogens with two attached hydrogens (primary N) is 1. The number of amides is 1. The molecule has 1 heterocycles. The summed E-state index contributed by atoms with van der Waals surface area (Å²) in [5.74, 6) is -0.947. The van der Waals surface area contributed by atoms with E-state index in [9.17, 15) is 4.79 Å². The van der Waals surface area contributed by atoms with Gasteiger partial charge >= 0.3 is 0 Å². The fourth-order valence-corrected chi connectivity index (χ4v) is 2.02. The maximum atomic E-state index is 11.2. The number of nitrogens with one attached hydrogen (secondary N) is 2. The molecule has 1 unspecified atom stereocenters. The third kappa shape index (κ3) is 5.66. The first-order valence-corrected chi connectivity index (χ1v) is 6.68. The zero-order valence-corrected chi connectivity index (χ0v) is 12.2. The minimum Gasteiger partial charge on any atom is -0.481 e. The quantitative estimate of drug-likeness (QED) is 0.680. The van der Waals surface area contributed by atoms with E-state index in [1.807, 2.05) is 31.3 Å². The summed E-state index contributed by atoms with van der Waals surface area (Å²) in [6, 6.07) is 8.23. The predicted octanol–water partition coefficient (Wildman–Crippen LogP) is 1.26. The van der Waals surface area contributed by atoms with Crippen LogP contribution in [0.1, 0.15) is 19.4 Å². The number of fused-ring (bicyclic) bond motifs is 1. The fraction of sp³-hybridized carbons (Fsp3) is 0.333. The predicted molar refractivity (Wildman–Crippen MR) is 82.0 cm³/mol. The molecule has 0 aliphatic rings. The van der Waals surface area contributed by atoms with Crippen LogP contribution < -0.4 is 11.1 Å². The number of benzene rings is 1. The van der Waals surface area contributed by atoms with Crippen LogP contribution in [0.3, 0.4) is 0 Å². The zero-order valence-electron chi connectivity index (χ0n) is 12.2. The molecule has 2 aromatic rings. The van der Waals surface area contributed by atoms with Gasteiger partial charge in [0.15, 0.2) is 0 Å². The lowest BCUT2D eigenvalue weighted by Crippen LogP contribution is -2.38. The van der Waals surface area contributed by atoms with Crippen LogP contribution in [0, 0.1) is 0 Å². The van der Waals surface area contributed by atoms with E-state index in [-0.39, 0.29) is 18.5 Å². The standard InChI is InChI=1S/C13H17N3O.C2H4O2/c1-9(16-13(17)7-14)6-10-8-15-12-5-3-2-4-11(10)12;1-2(3)4/h2-5,8-9,15H,6-7,14H2,1H3,(H,16,17);1H3,(H,3,4). The molecule has 21 heavy (non-hydrogen) atoms. The molecule has 6 nitrogen and oxygen atoms in total. The molecule has 1 aromatic heterocycles. The van der Waals surface area contributed by atoms with Crippen LogP contribution in [0.25, 0.3) is 10.9 Å². The Morgan fingerprint density at radius 3 is 2.62 bits per heavy atom. The highest BCUT2D eigenvalue weighted by molar-refractivity contribution is 5.83. The number of aliphatic carboxylic acids is 1. The van der Waals surface area contributed by atoms with Crippen molar-refractivity contribution in [3.05, 3.63) is 36.0 Å². The first kappa shape index (κ1) is 16.7. The second-order valence-corrected chi connectivity index (χ2v) is 4.76. The Balaban J connectivity index is 0.000000491. The van der Waals surface area contributed by atoms with E-state index in [1.165, 1.54) is 10.9 Å². The lowest BCUT2D eigenvalue weighted by atomic mass is 10.1. The van der Waals surface area contributed by atoms with E-state index in [4.69, 9.17) is 15.6 Å². The van der Waals surface area contributed by atoms with Crippen molar-refractivity contribution < 1.29 is 14.7 Å². The molecule has 0 bridgehead atoms. The molecular weight excluding hydrogens is 270 g/mol. The summed E-state index contributed by atoms with van der Waals surface area (Å²) < 4.78 is 0. The Bertz CT molecular complexity index is 603. The van der Waals surface area contributed by atoms with Crippen LogP contribution in [-0.4, -0.2) is 34.6 Å². The Morgan fingerprint density at radius 1 is 1.38 bits per heavy atom. The summed E-state index contributed by atoms with van der Waals surface area (Å²) in [5, 5.41) is 11.5. The molecule has 1 aromatic carbocycles. The second kappa shape index (κ2) is 8.06. The van der Waals surface area contributed by atoms with Crippen molar-refractivity contribution >= 4 is 22.8 Å². The zero-order chi connectivity index (χ0) is 15.8. The van der Waals surface area contributed by atoms with Gasteiger partial charge in [-0.2, -0.15) is 0 Å². The van der Waals surface area contributed by atoms with E-state index in [2.05, 4.69) is 16.4 Å². The minimum absolute atomic E-state index is 0.0399. The summed E-state index contributed by atoms with van der Waals surface area (Å²) in [6.07, 6.45) is 2.80. The van der Waals surface area contributed by atoms with E-state index in [0.717, 1.165) is 18.9 Å². The van der Waals surface area contributed by atoms with E-state index >= 15 is 0 Å². The summed E-state index contributed by atoms with van der Waals surface area (Å²) >= 11 is 0. The second-order valence-electron chi connectivity index (χ2n) is 4.76. The average molecular weight is 291 g/mol. The number of H-pyrrole nitrogens is 1. The number of carboxylic acids is 1. The maximum absolute atomic E-state index is 11.2. The summed E-state index contributed by atoms with van der Waals surface area (Å²) in [4.78, 5) is 23.4. The third-order valence-corrected chi connectivity index (χ3v) is 2.79. The number of aromatic nitrogens is 1. The van der Waals surface area contributed by atoms with Gasteiger partial charge in [0, 0.05) is 30.1 Å². The number of carbonyl (C=O) groups excluding carboxylic acids is 1. The van der Waals surface area contributed by atoms with Crippen molar-refractivity contribution in [2.24, 2.45) is 5.73 Å². The lowest BCUT2D eigenvalue weighted by Gasteiger charge is -2.12. The molecule has 114 valence electrons. The number of carboxylic acid groups (broad SMARTS) is 1. The largest absolute Gasteiger partial charge is 0.481 e. The van der Waals surface area contributed by atoms with Crippen LogP contribution >= 0.6 is 0 Å². The van der Waals surface area contributed by atoms with Crippen LogP contribution in [0.5, 0.6) is 0 Å². The van der Waals surface area contributed by atoms with Crippen LogP contribution in [0.15, 0.2) is 30.5 Å². The van der Waals surface area contributed by atoms with Gasteiger partial charge < -0.3 is 21.1 Å². The highest BCUT2D eigenvalue weighted by Crippen LogP contribution is 2.18. The monoisotopic (exact) mass is 291 g/mol. The van der Waals surface area contributed by atoms with Crippen molar-refractivity contribution in [1.82, 2.24) is 10.3 Å². The van der Waals surface area contributed by atoms with Crippen LogP contribution in [-0.2, 0) is 16.0 Å². The van der Waals surface area contributed by atoms with Crippen molar-refractivity contribution in [2.45, 2.75) is 26.3 Å². The molecule has 1 atom stereocenters. The molecule has 0 fully saturated rings. The Morgan fingerprint density at radius 2 is 2.00 bits per heavy atom. The lowest BCUT2D eigenvalue weighted by molar-refractivity contribution is -0.134. The van der Waals surface area contributed by atoms with Gasteiger partial charge in [0.25, 0.3) is 5.97 Å². The van der Waals surface area contributed by atoms with Crippen LogP contribution in [0.4, 0.5) is 0 Å². The number of carbonyl (C=O) groups is 2. The van der Waals surface area contributed by atoms with Gasteiger partial charge in [0.2, 0.25) is 5.91 Å². The number of hydrogen-bond donors (Lipinski definition) is 4. The molecule has 0 radical (unpaired) electrons. The van der Waals surface area contributed by atoms with Gasteiger partial charge in [0.1, 0.15) is 0 Å². The smallest absolute Gasteiger partial charge is 0.300 e. The topological polar surface area (TPSA) is 108 Å². The Hall–Kier alpha value is -2.34. The maximum Gasteiger partial charge on any atom is 0.300 e. The molecule has 0 aliphatic heterocycles. The summed E-state index contributed by atoms with van der Waals surface area (Å²) in [7, 11) is 0. The molecule has 1 amide bonds. The molecule has 0 saturated carbocycles. The number of hydrogen-bond acceptors (Lipinski definition) is 3. The molecule has 0 aliphatic carbocycles. The average Bonchev–Trinajstić information content (AvgIpc) is 2.81. The van der Waals surface area contributed by atoms with Gasteiger partial charge in [-0.05, 0) is 25.0 Å². The van der Waals surface area contributed by atoms with Crippen molar-refractivity contribution in [3.63, 3.8) is 0 Å². The number of aromatic amines is 1. The van der Waals surface area contributed by atoms with E-state index < -0.39 is 5.97 Å². The first-order chi connectivity index (χ1) is 9.93. The van der Waals surface area contributed by atoms with Gasteiger partial charge in [-0.15, -0.1) is 0 Å². The van der Waals surface area contributed by atoms with E-state index in [0.29, 0.717) is 0 Å². The minimum atomic E-state index is -0.833. The van der Waals surface area contributed by atoms with Crippen molar-refractivity contribution in [1.29, 1.82) is 0 Å². The van der Waals surface area contributed by atoms with Crippen molar-refractivity contribution in [3.8, 4) is 0 Å². The SMILES string of the molecule is CC(=O)O.CC(Cc1c[nH]c2ccccc12)NC(=O)CN. The molecule has 2 rings (SSSR count). The third-order valence-electron chi connectivity index (χ3n) is 2.79. The highest BCUT2D eigenvalue weighted by atomic mass is 16.4. The molecule has 0 spiro atoms. The highest BCUT2D eigenvalue weighted by Gasteiger charge is 2.09. The van der Waals surface area contributed by atoms with Gasteiger partial charge in [-0.3, -0.25) is 9.59 Å².